The second kappa shape index (κ2) is 8.95. The number of nitrogens with zero attached hydrogens (tertiary/aromatic N) is 2. The van der Waals surface area contributed by atoms with Crippen molar-refractivity contribution in [3.8, 4) is 34.0 Å². The molecule has 0 saturated heterocycles. The summed E-state index contributed by atoms with van der Waals surface area (Å²) < 4.78 is 4.86. The highest BCUT2D eigenvalue weighted by Crippen LogP contribution is 2.40. The molecule has 2 heterocycles. The predicted molar refractivity (Wildman–Crippen MR) is 169 cm³/mol. The van der Waals surface area contributed by atoms with Gasteiger partial charge in [0.1, 0.15) is 6.07 Å². The van der Waals surface area contributed by atoms with Gasteiger partial charge in [-0.2, -0.15) is 5.26 Å². The molecule has 0 aliphatic heterocycles. The topological polar surface area (TPSA) is 28.7 Å². The van der Waals surface area contributed by atoms with Crippen LogP contribution in [0.2, 0.25) is 0 Å². The van der Waals surface area contributed by atoms with E-state index in [9.17, 15) is 5.26 Å². The third kappa shape index (κ3) is 3.41. The molecule has 0 saturated carbocycles. The van der Waals surface area contributed by atoms with Crippen molar-refractivity contribution < 1.29 is 0 Å². The van der Waals surface area contributed by atoms with Gasteiger partial charge in [-0.3, -0.25) is 0 Å². The van der Waals surface area contributed by atoms with E-state index in [1.807, 2.05) is 23.5 Å². The number of hydrogen-bond donors (Lipinski definition) is 0. The molecular weight excluding hydrogens is 504 g/mol. The summed E-state index contributed by atoms with van der Waals surface area (Å²) in [6.07, 6.45) is 0. The van der Waals surface area contributed by atoms with E-state index in [0.29, 0.717) is 5.56 Å². The van der Waals surface area contributed by atoms with Crippen LogP contribution in [0.15, 0.2) is 133 Å². The molecule has 0 amide bonds. The monoisotopic (exact) mass is 526 g/mol. The van der Waals surface area contributed by atoms with Crippen LogP contribution in [0.5, 0.6) is 0 Å². The second-order valence-electron chi connectivity index (χ2n) is 10.1. The van der Waals surface area contributed by atoms with E-state index in [1.165, 1.54) is 36.5 Å². The average Bonchev–Trinajstić information content (AvgIpc) is 3.56. The van der Waals surface area contributed by atoms with Gasteiger partial charge in [-0.15, -0.1) is 11.3 Å². The Labute approximate surface area is 235 Å². The highest BCUT2D eigenvalue weighted by atomic mass is 32.1. The van der Waals surface area contributed by atoms with Gasteiger partial charge in [0.25, 0.3) is 0 Å². The van der Waals surface area contributed by atoms with E-state index >= 15 is 0 Å². The summed E-state index contributed by atoms with van der Waals surface area (Å²) in [7, 11) is 0. The minimum absolute atomic E-state index is 0.654. The number of benzene rings is 6. The first-order chi connectivity index (χ1) is 19.8. The van der Waals surface area contributed by atoms with Crippen LogP contribution >= 0.6 is 11.3 Å². The van der Waals surface area contributed by atoms with Gasteiger partial charge in [0.15, 0.2) is 0 Å². The highest BCUT2D eigenvalue weighted by molar-refractivity contribution is 7.25. The fraction of sp³-hybridized carbons (Fsp3) is 0. The molecule has 40 heavy (non-hydrogen) atoms. The normalized spacial score (nSPS) is 11.5. The van der Waals surface area contributed by atoms with Crippen LogP contribution in [0.25, 0.3) is 69.9 Å². The Morgan fingerprint density at radius 3 is 1.90 bits per heavy atom. The molecule has 0 unspecified atom stereocenters. The van der Waals surface area contributed by atoms with Crippen molar-refractivity contribution in [3.05, 3.63) is 139 Å². The summed E-state index contributed by atoms with van der Waals surface area (Å²) in [5.74, 6) is 0. The smallest absolute Gasteiger partial charge is 0.101 e. The van der Waals surface area contributed by atoms with Crippen molar-refractivity contribution in [2.45, 2.75) is 0 Å². The van der Waals surface area contributed by atoms with Gasteiger partial charge in [-0.1, -0.05) is 97.1 Å². The molecule has 0 aliphatic carbocycles. The van der Waals surface area contributed by atoms with Crippen LogP contribution in [-0.4, -0.2) is 4.57 Å². The average molecular weight is 527 g/mol. The lowest BCUT2D eigenvalue weighted by Gasteiger charge is -2.16. The summed E-state index contributed by atoms with van der Waals surface area (Å²) >= 11 is 1.84. The maximum Gasteiger partial charge on any atom is 0.101 e. The first kappa shape index (κ1) is 22.8. The van der Waals surface area contributed by atoms with Crippen LogP contribution in [0.3, 0.4) is 0 Å². The Bertz CT molecular complexity index is 2240. The molecule has 2 nitrogen and oxygen atoms in total. The second-order valence-corrected chi connectivity index (χ2v) is 11.2. The van der Waals surface area contributed by atoms with Crippen molar-refractivity contribution >= 4 is 53.3 Å². The summed E-state index contributed by atoms with van der Waals surface area (Å²) in [5, 5.41) is 15.2. The molecule has 2 aromatic heterocycles. The lowest BCUT2D eigenvalue weighted by Crippen LogP contribution is -2.00. The van der Waals surface area contributed by atoms with Gasteiger partial charge in [0, 0.05) is 36.5 Å². The zero-order chi connectivity index (χ0) is 26.6. The Morgan fingerprint density at radius 1 is 0.500 bits per heavy atom. The lowest BCUT2D eigenvalue weighted by atomic mass is 9.95. The molecule has 8 aromatic rings. The lowest BCUT2D eigenvalue weighted by molar-refractivity contribution is 1.17. The van der Waals surface area contributed by atoms with Crippen LogP contribution in [-0.2, 0) is 0 Å². The first-order valence-corrected chi connectivity index (χ1v) is 14.2. The van der Waals surface area contributed by atoms with Crippen LogP contribution < -0.4 is 0 Å². The highest BCUT2D eigenvalue weighted by Gasteiger charge is 2.19. The molecule has 0 atom stereocenters. The molecule has 0 spiro atoms. The fourth-order valence-corrected chi connectivity index (χ4v) is 7.19. The maximum absolute atomic E-state index is 10.3. The third-order valence-electron chi connectivity index (χ3n) is 7.85. The van der Waals surface area contributed by atoms with Crippen molar-refractivity contribution in [2.75, 3.05) is 0 Å². The molecule has 3 heteroatoms. The summed E-state index contributed by atoms with van der Waals surface area (Å²) in [4.78, 5) is 0. The van der Waals surface area contributed by atoms with E-state index < -0.39 is 0 Å². The van der Waals surface area contributed by atoms with E-state index in [4.69, 9.17) is 0 Å². The van der Waals surface area contributed by atoms with Crippen LogP contribution in [0, 0.1) is 11.3 Å². The number of hydrogen-bond acceptors (Lipinski definition) is 2. The van der Waals surface area contributed by atoms with Gasteiger partial charge in [0.2, 0.25) is 0 Å². The minimum atomic E-state index is 0.654. The molecule has 0 fully saturated rings. The number of thiophene rings is 1. The zero-order valence-electron chi connectivity index (χ0n) is 21.5. The zero-order valence-corrected chi connectivity index (χ0v) is 22.3. The molecule has 0 bridgehead atoms. The quantitative estimate of drug-likeness (QED) is 0.225. The van der Waals surface area contributed by atoms with Crippen LogP contribution in [0.1, 0.15) is 5.56 Å². The van der Waals surface area contributed by atoms with E-state index in [1.54, 1.807) is 0 Å². The molecule has 0 aliphatic rings. The SMILES string of the molecule is N#Cc1cccc(-c2cccc(-c3ccc4c(c3)sc3ccccc34)c2)c1-n1c2ccccc2c2ccccc21. The predicted octanol–water partition coefficient (Wildman–Crippen LogP) is 10.4. The first-order valence-electron chi connectivity index (χ1n) is 13.3. The van der Waals surface area contributed by atoms with Crippen LogP contribution in [0.4, 0.5) is 0 Å². The van der Waals surface area contributed by atoms with Gasteiger partial charge < -0.3 is 4.57 Å². The maximum atomic E-state index is 10.3. The standard InChI is InChI=1S/C37H22N2S/c38-23-27-11-8-15-28(37(27)39-33-16-4-1-12-29(33)30-13-2-5-17-34(30)39)26-10-7-9-24(21-26)25-19-20-32-31-14-3-6-18-35(31)40-36(32)22-25/h1-22H. The van der Waals surface area contributed by atoms with Crippen molar-refractivity contribution in [1.82, 2.24) is 4.57 Å². The van der Waals surface area contributed by atoms with Crippen molar-refractivity contribution in [1.29, 1.82) is 5.26 Å². The molecule has 186 valence electrons. The molecule has 6 aromatic carbocycles. The third-order valence-corrected chi connectivity index (χ3v) is 8.98. The van der Waals surface area contributed by atoms with Gasteiger partial charge >= 0.3 is 0 Å². The van der Waals surface area contributed by atoms with Crippen molar-refractivity contribution in [3.63, 3.8) is 0 Å². The number of fused-ring (bicyclic) bond motifs is 6. The van der Waals surface area contributed by atoms with E-state index in [2.05, 4.69) is 132 Å². The Kier molecular flexibility index (Phi) is 5.10. The number of aromatic nitrogens is 1. The molecule has 0 radical (unpaired) electrons. The summed E-state index contributed by atoms with van der Waals surface area (Å²) in [6, 6.07) is 49.5. The van der Waals surface area contributed by atoms with E-state index in [-0.39, 0.29) is 0 Å². The molecule has 8 rings (SSSR count). The minimum Gasteiger partial charge on any atom is -0.307 e. The van der Waals surface area contributed by atoms with E-state index in [0.717, 1.165) is 33.4 Å². The van der Waals surface area contributed by atoms with Crippen molar-refractivity contribution in [2.24, 2.45) is 0 Å². The number of nitriles is 1. The Hall–Kier alpha value is -5.17. The van der Waals surface area contributed by atoms with Gasteiger partial charge in [-0.05, 0) is 53.1 Å². The van der Waals surface area contributed by atoms with Gasteiger partial charge in [-0.25, -0.2) is 0 Å². The summed E-state index contributed by atoms with van der Waals surface area (Å²) in [6.45, 7) is 0. The Balaban J connectivity index is 1.35. The fourth-order valence-electron chi connectivity index (χ4n) is 6.04. The molecular formula is C37H22N2S. The Morgan fingerprint density at radius 2 is 1.12 bits per heavy atom. The number of rotatable bonds is 3. The largest absolute Gasteiger partial charge is 0.307 e. The molecule has 0 N–H and O–H groups in total. The number of para-hydroxylation sites is 3. The summed E-state index contributed by atoms with van der Waals surface area (Å²) in [5.41, 5.74) is 8.24. The van der Waals surface area contributed by atoms with Gasteiger partial charge in [0.05, 0.1) is 22.3 Å².